The fourth-order valence-electron chi connectivity index (χ4n) is 3.17. The lowest BCUT2D eigenvalue weighted by Gasteiger charge is -2.09. The molecule has 0 aliphatic carbocycles. The second-order valence-electron chi connectivity index (χ2n) is 6.53. The van der Waals surface area contributed by atoms with Crippen molar-refractivity contribution in [2.45, 2.75) is 26.7 Å². The zero-order valence-electron chi connectivity index (χ0n) is 16.4. The number of aryl methyl sites for hydroxylation is 1. The largest absolute Gasteiger partial charge is 0.494 e. The number of hydrogen-bond acceptors (Lipinski definition) is 3. The van der Waals surface area contributed by atoms with Crippen LogP contribution < -0.4 is 15.6 Å². The molecule has 1 aromatic heterocycles. The van der Waals surface area contributed by atoms with E-state index in [1.807, 2.05) is 68.4 Å². The molecule has 146 valence electrons. The zero-order chi connectivity index (χ0) is 20.1. The van der Waals surface area contributed by atoms with Crippen LogP contribution in [0, 0.1) is 6.92 Å². The fourth-order valence-corrected chi connectivity index (χ4v) is 3.17. The Morgan fingerprint density at radius 3 is 2.46 bits per heavy atom. The summed E-state index contributed by atoms with van der Waals surface area (Å²) in [5.41, 5.74) is 2.51. The van der Waals surface area contributed by atoms with Crippen molar-refractivity contribution in [1.29, 1.82) is 0 Å². The van der Waals surface area contributed by atoms with Crippen molar-refractivity contribution < 1.29 is 9.53 Å². The molecule has 0 unspecified atom stereocenters. The Kier molecular flexibility index (Phi) is 5.99. The summed E-state index contributed by atoms with van der Waals surface area (Å²) in [6, 6.07) is 17.0. The number of aromatic nitrogens is 2. The molecule has 0 saturated heterocycles. The molecule has 1 N–H and O–H groups in total. The highest BCUT2D eigenvalue weighted by molar-refractivity contribution is 5.91. The predicted octanol–water partition coefficient (Wildman–Crippen LogP) is 3.45. The van der Waals surface area contributed by atoms with Crippen molar-refractivity contribution in [2.24, 2.45) is 7.05 Å². The van der Waals surface area contributed by atoms with Gasteiger partial charge in [0.2, 0.25) is 5.91 Å². The molecule has 2 aromatic carbocycles. The Bertz CT molecular complexity index is 1020. The summed E-state index contributed by atoms with van der Waals surface area (Å²) < 4.78 is 8.90. The van der Waals surface area contributed by atoms with E-state index in [9.17, 15) is 9.59 Å². The Hall–Kier alpha value is -3.28. The first-order valence-electron chi connectivity index (χ1n) is 9.37. The standard InChI is InChI=1S/C22H25N3O3/c1-4-28-19-13-9-8-10-17(19)14-15-20(26)23-21-16(2)24(3)25(22(21)27)18-11-6-5-7-12-18/h5-13H,4,14-15H2,1-3H3,(H,23,26). The van der Waals surface area contributed by atoms with Gasteiger partial charge in [-0.15, -0.1) is 0 Å². The van der Waals surface area contributed by atoms with Gasteiger partial charge in [-0.05, 0) is 44.0 Å². The van der Waals surface area contributed by atoms with E-state index in [1.165, 1.54) is 0 Å². The first kappa shape index (κ1) is 19.5. The minimum absolute atomic E-state index is 0.197. The topological polar surface area (TPSA) is 65.3 Å². The van der Waals surface area contributed by atoms with Gasteiger partial charge in [-0.25, -0.2) is 4.68 Å². The normalized spacial score (nSPS) is 10.7. The lowest BCUT2D eigenvalue weighted by Crippen LogP contribution is -2.23. The first-order valence-corrected chi connectivity index (χ1v) is 9.37. The Morgan fingerprint density at radius 2 is 1.75 bits per heavy atom. The number of nitrogens with one attached hydrogen (secondary N) is 1. The maximum atomic E-state index is 12.9. The van der Waals surface area contributed by atoms with Crippen molar-refractivity contribution >= 4 is 11.6 Å². The first-order chi connectivity index (χ1) is 13.5. The third-order valence-corrected chi connectivity index (χ3v) is 4.71. The van der Waals surface area contributed by atoms with Crippen LogP contribution in [0.2, 0.25) is 0 Å². The van der Waals surface area contributed by atoms with E-state index >= 15 is 0 Å². The minimum atomic E-state index is -0.241. The van der Waals surface area contributed by atoms with Gasteiger partial charge in [-0.2, -0.15) is 0 Å². The SMILES string of the molecule is CCOc1ccccc1CCC(=O)Nc1c(C)n(C)n(-c2ccccc2)c1=O. The van der Waals surface area contributed by atoms with Crippen LogP contribution in [0.4, 0.5) is 5.69 Å². The van der Waals surface area contributed by atoms with Crippen molar-refractivity contribution in [3.05, 3.63) is 76.2 Å². The number of amides is 1. The molecule has 3 aromatic rings. The molecule has 0 spiro atoms. The molecule has 0 radical (unpaired) electrons. The molecule has 28 heavy (non-hydrogen) atoms. The summed E-state index contributed by atoms with van der Waals surface area (Å²) >= 11 is 0. The van der Waals surface area contributed by atoms with Crippen molar-refractivity contribution in [2.75, 3.05) is 11.9 Å². The molecular weight excluding hydrogens is 354 g/mol. The second kappa shape index (κ2) is 8.61. The number of rotatable bonds is 7. The van der Waals surface area contributed by atoms with Crippen LogP contribution in [0.3, 0.4) is 0 Å². The summed E-state index contributed by atoms with van der Waals surface area (Å²) in [5.74, 6) is 0.595. The van der Waals surface area contributed by atoms with E-state index in [-0.39, 0.29) is 17.9 Å². The Morgan fingerprint density at radius 1 is 1.07 bits per heavy atom. The smallest absolute Gasteiger partial charge is 0.295 e. The van der Waals surface area contributed by atoms with Gasteiger partial charge >= 0.3 is 0 Å². The van der Waals surface area contributed by atoms with Gasteiger partial charge in [0, 0.05) is 13.5 Å². The lowest BCUT2D eigenvalue weighted by atomic mass is 10.1. The van der Waals surface area contributed by atoms with Gasteiger partial charge in [0.1, 0.15) is 11.4 Å². The van der Waals surface area contributed by atoms with Gasteiger partial charge < -0.3 is 10.1 Å². The van der Waals surface area contributed by atoms with E-state index in [4.69, 9.17) is 4.74 Å². The molecule has 1 heterocycles. The molecule has 3 rings (SSSR count). The van der Waals surface area contributed by atoms with Crippen molar-refractivity contribution in [3.8, 4) is 11.4 Å². The number of carbonyl (C=O) groups is 1. The molecule has 0 bridgehead atoms. The molecule has 0 aliphatic heterocycles. The highest BCUT2D eigenvalue weighted by Crippen LogP contribution is 2.20. The number of carbonyl (C=O) groups excluding carboxylic acids is 1. The summed E-state index contributed by atoms with van der Waals surface area (Å²) in [7, 11) is 1.80. The number of ether oxygens (including phenoxy) is 1. The third kappa shape index (κ3) is 4.01. The van der Waals surface area contributed by atoms with Gasteiger partial charge in [-0.1, -0.05) is 36.4 Å². The summed E-state index contributed by atoms with van der Waals surface area (Å²) in [6.07, 6.45) is 0.809. The summed E-state index contributed by atoms with van der Waals surface area (Å²) in [5, 5.41) is 2.80. The van der Waals surface area contributed by atoms with Crippen LogP contribution in [0.25, 0.3) is 5.69 Å². The van der Waals surface area contributed by atoms with Crippen LogP contribution in [-0.2, 0) is 18.3 Å². The molecule has 1 amide bonds. The van der Waals surface area contributed by atoms with E-state index in [0.29, 0.717) is 24.4 Å². The average molecular weight is 379 g/mol. The van der Waals surface area contributed by atoms with Crippen LogP contribution in [0.15, 0.2) is 59.4 Å². The molecule has 0 saturated carbocycles. The monoisotopic (exact) mass is 379 g/mol. The van der Waals surface area contributed by atoms with Gasteiger partial charge in [-0.3, -0.25) is 14.3 Å². The van der Waals surface area contributed by atoms with E-state index < -0.39 is 0 Å². The summed E-state index contributed by atoms with van der Waals surface area (Å²) in [4.78, 5) is 25.4. The van der Waals surface area contributed by atoms with E-state index in [0.717, 1.165) is 17.0 Å². The average Bonchev–Trinajstić information content (AvgIpc) is 2.91. The Labute approximate surface area is 164 Å². The van der Waals surface area contributed by atoms with Crippen LogP contribution in [-0.4, -0.2) is 21.9 Å². The van der Waals surface area contributed by atoms with Gasteiger partial charge in [0.25, 0.3) is 5.56 Å². The quantitative estimate of drug-likeness (QED) is 0.684. The molecule has 0 atom stereocenters. The predicted molar refractivity (Wildman–Crippen MR) is 110 cm³/mol. The lowest BCUT2D eigenvalue weighted by molar-refractivity contribution is -0.116. The summed E-state index contributed by atoms with van der Waals surface area (Å²) in [6.45, 7) is 4.33. The fraction of sp³-hybridized carbons (Fsp3) is 0.273. The van der Waals surface area contributed by atoms with Crippen LogP contribution in [0.1, 0.15) is 24.6 Å². The number of benzene rings is 2. The zero-order valence-corrected chi connectivity index (χ0v) is 16.4. The van der Waals surface area contributed by atoms with Gasteiger partial charge in [0.05, 0.1) is 18.0 Å². The van der Waals surface area contributed by atoms with Crippen LogP contribution in [0.5, 0.6) is 5.75 Å². The third-order valence-electron chi connectivity index (χ3n) is 4.71. The number of anilines is 1. The molecule has 0 fully saturated rings. The minimum Gasteiger partial charge on any atom is -0.494 e. The molecule has 0 aliphatic rings. The Balaban J connectivity index is 1.76. The maximum Gasteiger partial charge on any atom is 0.295 e. The number of para-hydroxylation sites is 2. The van der Waals surface area contributed by atoms with Crippen LogP contribution >= 0.6 is 0 Å². The van der Waals surface area contributed by atoms with Crippen molar-refractivity contribution in [3.63, 3.8) is 0 Å². The highest BCUT2D eigenvalue weighted by atomic mass is 16.5. The molecular formula is C22H25N3O3. The van der Waals surface area contributed by atoms with Gasteiger partial charge in [0.15, 0.2) is 0 Å². The maximum absolute atomic E-state index is 12.9. The highest BCUT2D eigenvalue weighted by Gasteiger charge is 2.18. The number of nitrogens with zero attached hydrogens (tertiary/aromatic N) is 2. The number of hydrogen-bond donors (Lipinski definition) is 1. The molecule has 6 nitrogen and oxygen atoms in total. The van der Waals surface area contributed by atoms with E-state index in [1.54, 1.807) is 16.4 Å². The second-order valence-corrected chi connectivity index (χ2v) is 6.53. The van der Waals surface area contributed by atoms with Crippen molar-refractivity contribution in [1.82, 2.24) is 9.36 Å². The molecule has 6 heteroatoms. The van der Waals surface area contributed by atoms with E-state index in [2.05, 4.69) is 5.32 Å².